The predicted molar refractivity (Wildman–Crippen MR) is 68.1 cm³/mol. The third-order valence-electron chi connectivity index (χ3n) is 4.00. The fourth-order valence-corrected chi connectivity index (χ4v) is 2.98. The first kappa shape index (κ1) is 12.0. The monoisotopic (exact) mass is 267 g/mol. The van der Waals surface area contributed by atoms with Crippen LogP contribution in [0.4, 0.5) is 4.39 Å². The molecular formula is C14H15ClFNO. The lowest BCUT2D eigenvalue weighted by Crippen LogP contribution is -2.37. The second-order valence-electron chi connectivity index (χ2n) is 5.21. The van der Waals surface area contributed by atoms with Gasteiger partial charge in [0.05, 0.1) is 5.41 Å². The van der Waals surface area contributed by atoms with Gasteiger partial charge in [0, 0.05) is 23.7 Å². The lowest BCUT2D eigenvalue weighted by atomic mass is 9.94. The van der Waals surface area contributed by atoms with Crippen LogP contribution in [0.25, 0.3) is 0 Å². The van der Waals surface area contributed by atoms with E-state index in [0.717, 1.165) is 38.8 Å². The molecule has 0 atom stereocenters. The Morgan fingerprint density at radius 1 is 1.28 bits per heavy atom. The molecule has 0 N–H and O–H groups in total. The lowest BCUT2D eigenvalue weighted by Gasteiger charge is -2.23. The number of halogens is 2. The Hall–Kier alpha value is -1.09. The number of amides is 1. The molecule has 0 bridgehead atoms. The molecule has 1 saturated carbocycles. The quantitative estimate of drug-likeness (QED) is 0.806. The number of carbonyl (C=O) groups excluding carboxylic acids is 1. The second-order valence-corrected chi connectivity index (χ2v) is 5.64. The smallest absolute Gasteiger partial charge is 0.233 e. The maximum absolute atomic E-state index is 14.0. The Morgan fingerprint density at radius 2 is 1.94 bits per heavy atom. The number of nitrogens with zero attached hydrogens (tertiary/aromatic N) is 1. The van der Waals surface area contributed by atoms with Gasteiger partial charge in [-0.25, -0.2) is 4.39 Å². The lowest BCUT2D eigenvalue weighted by molar-refractivity contribution is -0.132. The zero-order valence-electron chi connectivity index (χ0n) is 10.1. The predicted octanol–water partition coefficient (Wildman–Crippen LogP) is 3.13. The number of rotatable bonds is 2. The summed E-state index contributed by atoms with van der Waals surface area (Å²) in [6.07, 6.45) is 3.62. The zero-order valence-corrected chi connectivity index (χ0v) is 10.8. The Kier molecular flexibility index (Phi) is 2.81. The Bertz CT molecular complexity index is 493. The first-order chi connectivity index (χ1) is 8.63. The van der Waals surface area contributed by atoms with Crippen molar-refractivity contribution >= 4 is 17.5 Å². The van der Waals surface area contributed by atoms with Gasteiger partial charge in [-0.05, 0) is 37.8 Å². The van der Waals surface area contributed by atoms with E-state index >= 15 is 0 Å². The molecule has 0 unspecified atom stereocenters. The highest BCUT2D eigenvalue weighted by Crippen LogP contribution is 2.51. The van der Waals surface area contributed by atoms with Crippen LogP contribution in [-0.2, 0) is 10.2 Å². The van der Waals surface area contributed by atoms with Crippen molar-refractivity contribution in [3.05, 3.63) is 34.6 Å². The van der Waals surface area contributed by atoms with E-state index in [-0.39, 0.29) is 11.7 Å². The van der Waals surface area contributed by atoms with E-state index in [2.05, 4.69) is 0 Å². The van der Waals surface area contributed by atoms with Crippen LogP contribution in [-0.4, -0.2) is 23.9 Å². The summed E-state index contributed by atoms with van der Waals surface area (Å²) >= 11 is 5.76. The highest BCUT2D eigenvalue weighted by molar-refractivity contribution is 6.30. The summed E-state index contributed by atoms with van der Waals surface area (Å²) in [5, 5.41) is 0.376. The van der Waals surface area contributed by atoms with Crippen LogP contribution in [0.5, 0.6) is 0 Å². The van der Waals surface area contributed by atoms with Gasteiger partial charge in [0.15, 0.2) is 0 Å². The molecule has 2 aliphatic rings. The molecule has 1 heterocycles. The number of hydrogen-bond acceptors (Lipinski definition) is 1. The summed E-state index contributed by atoms with van der Waals surface area (Å²) in [6, 6.07) is 4.63. The van der Waals surface area contributed by atoms with E-state index in [1.54, 1.807) is 12.1 Å². The minimum atomic E-state index is -0.598. The van der Waals surface area contributed by atoms with Crippen LogP contribution in [0.2, 0.25) is 5.02 Å². The highest BCUT2D eigenvalue weighted by Gasteiger charge is 2.54. The topological polar surface area (TPSA) is 20.3 Å². The molecular weight excluding hydrogens is 253 g/mol. The normalized spacial score (nSPS) is 21.1. The van der Waals surface area contributed by atoms with Gasteiger partial charge in [0.25, 0.3) is 0 Å². The van der Waals surface area contributed by atoms with Crippen molar-refractivity contribution in [1.82, 2.24) is 4.90 Å². The van der Waals surface area contributed by atoms with Crippen molar-refractivity contribution in [1.29, 1.82) is 0 Å². The molecule has 1 aromatic carbocycles. The van der Waals surface area contributed by atoms with Crippen molar-refractivity contribution in [2.75, 3.05) is 13.1 Å². The number of carbonyl (C=O) groups is 1. The molecule has 1 aromatic rings. The molecule has 96 valence electrons. The van der Waals surface area contributed by atoms with E-state index in [9.17, 15) is 9.18 Å². The van der Waals surface area contributed by atoms with Crippen LogP contribution in [0.3, 0.4) is 0 Å². The molecule has 4 heteroatoms. The van der Waals surface area contributed by atoms with Gasteiger partial charge in [0.2, 0.25) is 5.91 Å². The molecule has 2 nitrogen and oxygen atoms in total. The van der Waals surface area contributed by atoms with Crippen LogP contribution in [0.1, 0.15) is 31.2 Å². The van der Waals surface area contributed by atoms with Gasteiger partial charge >= 0.3 is 0 Å². The zero-order chi connectivity index (χ0) is 12.8. The summed E-state index contributed by atoms with van der Waals surface area (Å²) in [6.45, 7) is 1.63. The van der Waals surface area contributed by atoms with E-state index < -0.39 is 5.41 Å². The van der Waals surface area contributed by atoms with E-state index in [1.165, 1.54) is 6.07 Å². The fraction of sp³-hybridized carbons (Fsp3) is 0.500. The molecule has 1 saturated heterocycles. The highest BCUT2D eigenvalue weighted by atomic mass is 35.5. The maximum atomic E-state index is 14.0. The van der Waals surface area contributed by atoms with Gasteiger partial charge in [-0.15, -0.1) is 0 Å². The summed E-state index contributed by atoms with van der Waals surface area (Å²) in [5.41, 5.74) is -0.0808. The van der Waals surface area contributed by atoms with Crippen LogP contribution in [0, 0.1) is 5.82 Å². The largest absolute Gasteiger partial charge is 0.342 e. The van der Waals surface area contributed by atoms with E-state index in [1.807, 2.05) is 4.90 Å². The number of likely N-dealkylation sites (tertiary alicyclic amines) is 1. The van der Waals surface area contributed by atoms with Crippen LogP contribution >= 0.6 is 11.6 Å². The molecule has 1 amide bonds. The van der Waals surface area contributed by atoms with Crippen molar-refractivity contribution in [3.8, 4) is 0 Å². The molecule has 0 spiro atoms. The van der Waals surface area contributed by atoms with Gasteiger partial charge in [0.1, 0.15) is 5.82 Å². The number of hydrogen-bond donors (Lipinski definition) is 0. The molecule has 3 rings (SSSR count). The molecule has 2 fully saturated rings. The first-order valence-corrected chi connectivity index (χ1v) is 6.76. The minimum absolute atomic E-state index is 0.0984. The van der Waals surface area contributed by atoms with Gasteiger partial charge in [-0.2, -0.15) is 0 Å². The van der Waals surface area contributed by atoms with E-state index in [0.29, 0.717) is 10.6 Å². The second kappa shape index (κ2) is 4.23. The molecule has 0 radical (unpaired) electrons. The van der Waals surface area contributed by atoms with Gasteiger partial charge in [-0.1, -0.05) is 17.7 Å². The summed E-state index contributed by atoms with van der Waals surface area (Å²) in [7, 11) is 0. The average molecular weight is 268 g/mol. The van der Waals surface area contributed by atoms with Crippen LogP contribution < -0.4 is 0 Å². The Balaban J connectivity index is 1.92. The Morgan fingerprint density at radius 3 is 2.50 bits per heavy atom. The van der Waals surface area contributed by atoms with Crippen molar-refractivity contribution in [2.45, 2.75) is 31.1 Å². The van der Waals surface area contributed by atoms with Crippen molar-refractivity contribution in [2.24, 2.45) is 0 Å². The standard InChI is InChI=1S/C14H15ClFNO/c15-10-3-4-11(12(16)9-10)14(5-6-14)13(18)17-7-1-2-8-17/h3-4,9H,1-2,5-8H2. The third kappa shape index (κ3) is 1.81. The molecule has 0 aromatic heterocycles. The van der Waals surface area contributed by atoms with Gasteiger partial charge < -0.3 is 4.90 Å². The Labute approximate surface area is 111 Å². The average Bonchev–Trinajstić information content (AvgIpc) is 2.95. The molecule has 18 heavy (non-hydrogen) atoms. The SMILES string of the molecule is O=C(N1CCCC1)C1(c2ccc(Cl)cc2F)CC1. The summed E-state index contributed by atoms with van der Waals surface area (Å²) in [5.74, 6) is -0.256. The van der Waals surface area contributed by atoms with Crippen molar-refractivity contribution < 1.29 is 9.18 Å². The molecule has 1 aliphatic carbocycles. The summed E-state index contributed by atoms with van der Waals surface area (Å²) in [4.78, 5) is 14.4. The summed E-state index contributed by atoms with van der Waals surface area (Å²) < 4.78 is 14.0. The van der Waals surface area contributed by atoms with E-state index in [4.69, 9.17) is 11.6 Å². The maximum Gasteiger partial charge on any atom is 0.233 e. The minimum Gasteiger partial charge on any atom is -0.342 e. The number of benzene rings is 1. The van der Waals surface area contributed by atoms with Crippen molar-refractivity contribution in [3.63, 3.8) is 0 Å². The fourth-order valence-electron chi connectivity index (χ4n) is 2.82. The first-order valence-electron chi connectivity index (χ1n) is 6.38. The molecule has 1 aliphatic heterocycles. The van der Waals surface area contributed by atoms with Crippen LogP contribution in [0.15, 0.2) is 18.2 Å². The third-order valence-corrected chi connectivity index (χ3v) is 4.23. The van der Waals surface area contributed by atoms with Gasteiger partial charge in [-0.3, -0.25) is 4.79 Å².